The van der Waals surface area contributed by atoms with Gasteiger partial charge in [0.25, 0.3) is 0 Å². The zero-order valence-electron chi connectivity index (χ0n) is 15.9. The van der Waals surface area contributed by atoms with Crippen LogP contribution in [0.1, 0.15) is 44.6 Å². The number of phenolic OH excluding ortho intramolecular Hbond substituents is 1. The number of rotatable bonds is 2. The fourth-order valence-corrected chi connectivity index (χ4v) is 4.42. The summed E-state index contributed by atoms with van der Waals surface area (Å²) in [5, 5.41) is 10.2. The van der Waals surface area contributed by atoms with Crippen molar-refractivity contribution in [2.75, 3.05) is 4.90 Å². The van der Waals surface area contributed by atoms with E-state index in [-0.39, 0.29) is 35.2 Å². The van der Waals surface area contributed by atoms with Gasteiger partial charge in [0.15, 0.2) is 5.78 Å². The van der Waals surface area contributed by atoms with E-state index in [4.69, 9.17) is 11.6 Å². The SMILES string of the molecule is CC1(C)CC(=O)C2=C(C1)N(c1ccc(Cl)cc1)C(=O)CC2c1ccc(O)cc1. The average molecular weight is 396 g/mol. The van der Waals surface area contributed by atoms with E-state index in [9.17, 15) is 14.7 Å². The molecule has 0 spiro atoms. The molecule has 1 N–H and O–H groups in total. The zero-order chi connectivity index (χ0) is 20.1. The number of hydrogen-bond acceptors (Lipinski definition) is 3. The second kappa shape index (κ2) is 6.78. The van der Waals surface area contributed by atoms with Crippen molar-refractivity contribution in [3.63, 3.8) is 0 Å². The van der Waals surface area contributed by atoms with E-state index >= 15 is 0 Å². The fourth-order valence-electron chi connectivity index (χ4n) is 4.30. The molecular weight excluding hydrogens is 374 g/mol. The molecular formula is C23H22ClNO3. The number of Topliss-reactive ketones (excluding diaryl/α,β-unsaturated/α-hetero) is 1. The molecule has 0 saturated heterocycles. The monoisotopic (exact) mass is 395 g/mol. The standard InChI is InChI=1S/C23H22ClNO3/c1-23(2)12-19-22(20(27)13-23)18(14-3-9-17(26)10-4-14)11-21(28)25(19)16-7-5-15(24)6-8-16/h3-10,18,26H,11-13H2,1-2H3. The van der Waals surface area contributed by atoms with Crippen molar-refractivity contribution in [1.82, 2.24) is 0 Å². The first-order valence-corrected chi connectivity index (χ1v) is 9.77. The van der Waals surface area contributed by atoms with Crippen molar-refractivity contribution >= 4 is 29.0 Å². The Kier molecular flexibility index (Phi) is 4.54. The Morgan fingerprint density at radius 2 is 1.64 bits per heavy atom. The number of carbonyl (C=O) groups excluding carboxylic acids is 2. The highest BCUT2D eigenvalue weighted by atomic mass is 35.5. The van der Waals surface area contributed by atoms with Crippen LogP contribution in [0.25, 0.3) is 0 Å². The van der Waals surface area contributed by atoms with Crippen LogP contribution in [0.15, 0.2) is 59.8 Å². The minimum atomic E-state index is -0.282. The number of phenols is 1. The first-order valence-electron chi connectivity index (χ1n) is 9.39. The van der Waals surface area contributed by atoms with Gasteiger partial charge in [0.1, 0.15) is 5.75 Å². The first kappa shape index (κ1) is 18.8. The van der Waals surface area contributed by atoms with E-state index in [0.717, 1.165) is 22.5 Å². The molecule has 0 saturated carbocycles. The predicted octanol–water partition coefficient (Wildman–Crippen LogP) is 5.21. The summed E-state index contributed by atoms with van der Waals surface area (Å²) in [5.74, 6) is -0.0605. The molecule has 0 aromatic heterocycles. The molecule has 1 amide bonds. The van der Waals surface area contributed by atoms with Gasteiger partial charge in [-0.15, -0.1) is 0 Å². The first-order chi connectivity index (χ1) is 13.2. The highest BCUT2D eigenvalue weighted by Gasteiger charge is 2.44. The van der Waals surface area contributed by atoms with Gasteiger partial charge >= 0.3 is 0 Å². The molecule has 1 aliphatic carbocycles. The Morgan fingerprint density at radius 3 is 2.29 bits per heavy atom. The molecule has 1 unspecified atom stereocenters. The topological polar surface area (TPSA) is 57.6 Å². The Hall–Kier alpha value is -2.59. The van der Waals surface area contributed by atoms with Crippen LogP contribution in [0.3, 0.4) is 0 Å². The van der Waals surface area contributed by atoms with Crippen LogP contribution in [-0.2, 0) is 9.59 Å². The van der Waals surface area contributed by atoms with Crippen LogP contribution < -0.4 is 4.90 Å². The van der Waals surface area contributed by atoms with Gasteiger partial charge < -0.3 is 5.11 Å². The van der Waals surface area contributed by atoms with Crippen LogP contribution in [-0.4, -0.2) is 16.8 Å². The summed E-state index contributed by atoms with van der Waals surface area (Å²) in [5.41, 5.74) is 2.91. The lowest BCUT2D eigenvalue weighted by Gasteiger charge is -2.43. The summed E-state index contributed by atoms with van der Waals surface area (Å²) in [7, 11) is 0. The molecule has 4 rings (SSSR count). The van der Waals surface area contributed by atoms with E-state index < -0.39 is 0 Å². The van der Waals surface area contributed by atoms with Crippen LogP contribution in [0, 0.1) is 5.41 Å². The van der Waals surface area contributed by atoms with E-state index in [0.29, 0.717) is 17.9 Å². The number of halogens is 1. The third kappa shape index (κ3) is 3.33. The Labute approximate surface area is 169 Å². The van der Waals surface area contributed by atoms with Gasteiger partial charge in [0.05, 0.1) is 0 Å². The smallest absolute Gasteiger partial charge is 0.232 e. The van der Waals surface area contributed by atoms with Gasteiger partial charge in [-0.3, -0.25) is 14.5 Å². The number of carbonyl (C=O) groups is 2. The number of allylic oxidation sites excluding steroid dienone is 2. The summed E-state index contributed by atoms with van der Waals surface area (Å²) in [6.07, 6.45) is 1.33. The summed E-state index contributed by atoms with van der Waals surface area (Å²) < 4.78 is 0. The summed E-state index contributed by atoms with van der Waals surface area (Å²) >= 11 is 6.02. The second-order valence-corrected chi connectivity index (χ2v) is 8.79. The van der Waals surface area contributed by atoms with Crippen molar-refractivity contribution in [3.05, 3.63) is 70.4 Å². The number of amides is 1. The maximum Gasteiger partial charge on any atom is 0.232 e. The maximum atomic E-state index is 13.2. The Bertz CT molecular complexity index is 974. The maximum absolute atomic E-state index is 13.2. The van der Waals surface area contributed by atoms with Crippen molar-refractivity contribution in [2.45, 2.75) is 39.0 Å². The molecule has 2 aromatic carbocycles. The molecule has 2 aliphatic rings. The van der Waals surface area contributed by atoms with E-state index in [1.54, 1.807) is 41.3 Å². The van der Waals surface area contributed by atoms with Gasteiger partial charge in [-0.1, -0.05) is 37.6 Å². The lowest BCUT2D eigenvalue weighted by Crippen LogP contribution is -2.43. The molecule has 4 nitrogen and oxygen atoms in total. The molecule has 2 aromatic rings. The molecule has 0 bridgehead atoms. The van der Waals surface area contributed by atoms with E-state index in [1.807, 2.05) is 12.1 Å². The molecule has 1 heterocycles. The third-order valence-corrected chi connectivity index (χ3v) is 5.78. The lowest BCUT2D eigenvalue weighted by molar-refractivity contribution is -0.121. The number of hydrogen-bond donors (Lipinski definition) is 1. The predicted molar refractivity (Wildman–Crippen MR) is 109 cm³/mol. The molecule has 28 heavy (non-hydrogen) atoms. The van der Waals surface area contributed by atoms with Crippen molar-refractivity contribution in [3.8, 4) is 5.75 Å². The molecule has 1 aliphatic heterocycles. The second-order valence-electron chi connectivity index (χ2n) is 8.36. The van der Waals surface area contributed by atoms with Gasteiger partial charge in [-0.25, -0.2) is 0 Å². The minimum absolute atomic E-state index is 0.0374. The fraction of sp³-hybridized carbons (Fsp3) is 0.304. The molecule has 5 heteroatoms. The molecule has 144 valence electrons. The number of aromatic hydroxyl groups is 1. The number of anilines is 1. The van der Waals surface area contributed by atoms with Crippen molar-refractivity contribution in [1.29, 1.82) is 0 Å². The number of ketones is 1. The summed E-state index contributed by atoms with van der Waals surface area (Å²) in [6, 6.07) is 13.9. The third-order valence-electron chi connectivity index (χ3n) is 5.52. The van der Waals surface area contributed by atoms with E-state index in [2.05, 4.69) is 13.8 Å². The van der Waals surface area contributed by atoms with Gasteiger partial charge in [0, 0.05) is 40.7 Å². The molecule has 1 atom stereocenters. The van der Waals surface area contributed by atoms with Crippen molar-refractivity contribution < 1.29 is 14.7 Å². The van der Waals surface area contributed by atoms with Gasteiger partial charge in [-0.05, 0) is 53.8 Å². The summed E-state index contributed by atoms with van der Waals surface area (Å²) in [4.78, 5) is 28.1. The van der Waals surface area contributed by atoms with Gasteiger partial charge in [0.2, 0.25) is 5.91 Å². The van der Waals surface area contributed by atoms with Crippen molar-refractivity contribution in [2.24, 2.45) is 5.41 Å². The molecule has 0 radical (unpaired) electrons. The largest absolute Gasteiger partial charge is 0.508 e. The zero-order valence-corrected chi connectivity index (χ0v) is 16.7. The minimum Gasteiger partial charge on any atom is -0.508 e. The Morgan fingerprint density at radius 1 is 1.00 bits per heavy atom. The van der Waals surface area contributed by atoms with Gasteiger partial charge in [-0.2, -0.15) is 0 Å². The quantitative estimate of drug-likeness (QED) is 0.759. The highest BCUT2D eigenvalue weighted by Crippen LogP contribution is 2.48. The Balaban J connectivity index is 1.88. The van der Waals surface area contributed by atoms with Crippen LogP contribution in [0.4, 0.5) is 5.69 Å². The average Bonchev–Trinajstić information content (AvgIpc) is 2.62. The molecule has 0 fully saturated rings. The van der Waals surface area contributed by atoms with Crippen LogP contribution in [0.2, 0.25) is 5.02 Å². The van der Waals surface area contributed by atoms with Crippen LogP contribution >= 0.6 is 11.6 Å². The summed E-state index contributed by atoms with van der Waals surface area (Å²) in [6.45, 7) is 4.12. The van der Waals surface area contributed by atoms with Crippen LogP contribution in [0.5, 0.6) is 5.75 Å². The highest BCUT2D eigenvalue weighted by molar-refractivity contribution is 6.30. The normalized spacial score (nSPS) is 21.7. The van der Waals surface area contributed by atoms with E-state index in [1.165, 1.54) is 0 Å². The number of nitrogens with zero attached hydrogens (tertiary/aromatic N) is 1. The number of benzene rings is 2. The lowest BCUT2D eigenvalue weighted by atomic mass is 9.69.